The van der Waals surface area contributed by atoms with Crippen LogP contribution in [0.3, 0.4) is 0 Å². The minimum absolute atomic E-state index is 0.00223. The standard InChI is InChI=1S/C36H44N4O3/c1-5-29-9-6-7-18-39(29)35(43)26-14-17-32(30(20-26)37-34(42)25-12-15-28(16-13-25)36(2,3)4)38-21-24-19-27(23-38)31-10-8-11-33(41)40(31)22-24/h8,10-17,20,24,27,29H,5-7,9,18-19,21-23H2,1-4H3,(H,37,42)/t24-,27+,29+/m1/s1. The fraction of sp³-hybridized carbons (Fsp3) is 0.472. The van der Waals surface area contributed by atoms with Crippen LogP contribution in [0, 0.1) is 5.92 Å². The van der Waals surface area contributed by atoms with Crippen LogP contribution >= 0.6 is 0 Å². The maximum Gasteiger partial charge on any atom is 0.255 e. The normalized spacial score (nSPS) is 21.7. The predicted molar refractivity (Wildman–Crippen MR) is 172 cm³/mol. The van der Waals surface area contributed by atoms with Crippen LogP contribution in [0.2, 0.25) is 0 Å². The molecule has 7 nitrogen and oxygen atoms in total. The molecule has 0 aliphatic carbocycles. The number of pyridine rings is 1. The van der Waals surface area contributed by atoms with Gasteiger partial charge in [0.1, 0.15) is 0 Å². The van der Waals surface area contributed by atoms with Crippen LogP contribution < -0.4 is 15.8 Å². The Morgan fingerprint density at radius 2 is 1.70 bits per heavy atom. The first-order valence-electron chi connectivity index (χ1n) is 15.9. The first kappa shape index (κ1) is 29.2. The van der Waals surface area contributed by atoms with Crippen LogP contribution in [0.4, 0.5) is 11.4 Å². The van der Waals surface area contributed by atoms with E-state index in [0.29, 0.717) is 29.3 Å². The molecular formula is C36H44N4O3. The molecular weight excluding hydrogens is 536 g/mol. The van der Waals surface area contributed by atoms with Crippen molar-refractivity contribution in [3.63, 3.8) is 0 Å². The number of nitrogens with zero attached hydrogens (tertiary/aromatic N) is 3. The summed E-state index contributed by atoms with van der Waals surface area (Å²) in [6.07, 6.45) is 5.21. The molecule has 2 amide bonds. The second-order valence-corrected chi connectivity index (χ2v) is 13.7. The molecule has 3 atom stereocenters. The van der Waals surface area contributed by atoms with Crippen molar-refractivity contribution in [2.45, 2.75) is 83.7 Å². The van der Waals surface area contributed by atoms with Crippen molar-refractivity contribution >= 4 is 23.2 Å². The topological polar surface area (TPSA) is 74.7 Å². The monoisotopic (exact) mass is 580 g/mol. The van der Waals surface area contributed by atoms with Crippen LogP contribution in [0.1, 0.15) is 97.7 Å². The Kier molecular flexibility index (Phi) is 7.92. The zero-order chi connectivity index (χ0) is 30.3. The molecule has 3 aliphatic rings. The molecule has 3 aliphatic heterocycles. The average molecular weight is 581 g/mol. The lowest BCUT2D eigenvalue weighted by atomic mass is 9.83. The fourth-order valence-electron chi connectivity index (χ4n) is 7.31. The lowest BCUT2D eigenvalue weighted by Crippen LogP contribution is -2.47. The summed E-state index contributed by atoms with van der Waals surface area (Å²) >= 11 is 0. The third kappa shape index (κ3) is 5.86. The van der Waals surface area contributed by atoms with Crippen LogP contribution in [-0.2, 0) is 12.0 Å². The molecule has 0 saturated carbocycles. The summed E-state index contributed by atoms with van der Waals surface area (Å²) in [6, 6.07) is 19.4. The van der Waals surface area contributed by atoms with Gasteiger partial charge in [-0.15, -0.1) is 0 Å². The largest absolute Gasteiger partial charge is 0.369 e. The van der Waals surface area contributed by atoms with E-state index in [1.54, 1.807) is 6.07 Å². The minimum atomic E-state index is -0.190. The predicted octanol–water partition coefficient (Wildman–Crippen LogP) is 6.43. The van der Waals surface area contributed by atoms with Crippen molar-refractivity contribution in [1.29, 1.82) is 0 Å². The fourth-order valence-corrected chi connectivity index (χ4v) is 7.31. The van der Waals surface area contributed by atoms with Gasteiger partial charge in [0, 0.05) is 61.0 Å². The van der Waals surface area contributed by atoms with Gasteiger partial charge in [-0.25, -0.2) is 0 Å². The van der Waals surface area contributed by atoms with E-state index < -0.39 is 0 Å². The maximum absolute atomic E-state index is 13.8. The van der Waals surface area contributed by atoms with E-state index in [2.05, 4.69) is 44.0 Å². The first-order valence-corrected chi connectivity index (χ1v) is 15.9. The van der Waals surface area contributed by atoms with Gasteiger partial charge in [0.2, 0.25) is 0 Å². The summed E-state index contributed by atoms with van der Waals surface area (Å²) in [5.41, 5.74) is 5.09. The minimum Gasteiger partial charge on any atom is -0.369 e. The van der Waals surface area contributed by atoms with Crippen molar-refractivity contribution in [3.05, 3.63) is 93.4 Å². The number of amides is 2. The molecule has 0 radical (unpaired) electrons. The molecule has 7 heteroatoms. The van der Waals surface area contributed by atoms with Crippen molar-refractivity contribution < 1.29 is 9.59 Å². The van der Waals surface area contributed by atoms with Gasteiger partial charge in [-0.2, -0.15) is 0 Å². The Labute approximate surface area is 254 Å². The van der Waals surface area contributed by atoms with E-state index in [0.717, 1.165) is 63.1 Å². The molecule has 2 aromatic carbocycles. The Balaban J connectivity index is 1.33. The number of likely N-dealkylation sites (tertiary alicyclic amines) is 1. The first-order chi connectivity index (χ1) is 20.6. The van der Waals surface area contributed by atoms with E-state index in [-0.39, 0.29) is 34.7 Å². The summed E-state index contributed by atoms with van der Waals surface area (Å²) in [5.74, 6) is 0.409. The number of aromatic nitrogens is 1. The molecule has 1 N–H and O–H groups in total. The van der Waals surface area contributed by atoms with Crippen LogP contribution in [0.15, 0.2) is 65.5 Å². The number of nitrogens with one attached hydrogen (secondary N) is 1. The Morgan fingerprint density at radius 1 is 0.930 bits per heavy atom. The van der Waals surface area contributed by atoms with Gasteiger partial charge in [0.25, 0.3) is 17.4 Å². The van der Waals surface area contributed by atoms with E-state index in [4.69, 9.17) is 0 Å². The van der Waals surface area contributed by atoms with Gasteiger partial charge in [0.05, 0.1) is 11.4 Å². The number of piperidine rings is 2. The Morgan fingerprint density at radius 3 is 2.44 bits per heavy atom. The summed E-state index contributed by atoms with van der Waals surface area (Å²) in [5, 5.41) is 3.19. The molecule has 3 aromatic rings. The number of carbonyl (C=O) groups excluding carboxylic acids is 2. The number of hydrogen-bond donors (Lipinski definition) is 1. The summed E-state index contributed by atoms with van der Waals surface area (Å²) in [7, 11) is 0. The van der Waals surface area contributed by atoms with Gasteiger partial charge < -0.3 is 19.7 Å². The maximum atomic E-state index is 13.8. The Bertz CT molecular complexity index is 1570. The second kappa shape index (κ2) is 11.7. The van der Waals surface area contributed by atoms with Crippen LogP contribution in [0.5, 0.6) is 0 Å². The molecule has 2 bridgehead atoms. The molecule has 0 unspecified atom stereocenters. The van der Waals surface area contributed by atoms with Gasteiger partial charge in [-0.05, 0) is 85.4 Å². The van der Waals surface area contributed by atoms with E-state index >= 15 is 0 Å². The van der Waals surface area contributed by atoms with Gasteiger partial charge >= 0.3 is 0 Å². The molecule has 226 valence electrons. The van der Waals surface area contributed by atoms with Gasteiger partial charge in [-0.1, -0.05) is 45.9 Å². The van der Waals surface area contributed by atoms with Crippen molar-refractivity contribution in [2.75, 3.05) is 29.9 Å². The SMILES string of the molecule is CC[C@H]1CCCCN1C(=O)c1ccc(N2C[C@H]3C[C@@H](C2)c2cccc(=O)n2C3)c(NC(=O)c2ccc(C(C)(C)C)cc2)c1. The zero-order valence-electron chi connectivity index (χ0n) is 25.9. The molecule has 2 saturated heterocycles. The summed E-state index contributed by atoms with van der Waals surface area (Å²) < 4.78 is 1.94. The molecule has 6 rings (SSSR count). The highest BCUT2D eigenvalue weighted by molar-refractivity contribution is 6.07. The highest BCUT2D eigenvalue weighted by Gasteiger charge is 2.36. The molecule has 1 aromatic heterocycles. The molecule has 43 heavy (non-hydrogen) atoms. The van der Waals surface area contributed by atoms with E-state index in [9.17, 15) is 14.4 Å². The third-order valence-electron chi connectivity index (χ3n) is 9.68. The smallest absolute Gasteiger partial charge is 0.255 e. The quantitative estimate of drug-likeness (QED) is 0.378. The lowest BCUT2D eigenvalue weighted by molar-refractivity contribution is 0.0608. The number of carbonyl (C=O) groups is 2. The number of rotatable bonds is 5. The third-order valence-corrected chi connectivity index (χ3v) is 9.68. The van der Waals surface area contributed by atoms with Crippen molar-refractivity contribution in [3.8, 4) is 0 Å². The number of benzene rings is 2. The van der Waals surface area contributed by atoms with Gasteiger partial charge in [-0.3, -0.25) is 14.4 Å². The highest BCUT2D eigenvalue weighted by Crippen LogP contribution is 2.40. The highest BCUT2D eigenvalue weighted by atomic mass is 16.2. The van der Waals surface area contributed by atoms with E-state index in [1.807, 2.05) is 58.0 Å². The van der Waals surface area contributed by atoms with Crippen LogP contribution in [-0.4, -0.2) is 47.0 Å². The van der Waals surface area contributed by atoms with E-state index in [1.165, 1.54) is 5.56 Å². The summed E-state index contributed by atoms with van der Waals surface area (Å²) in [4.78, 5) is 44.4. The number of anilines is 2. The average Bonchev–Trinajstić information content (AvgIpc) is 3.00. The van der Waals surface area contributed by atoms with Crippen molar-refractivity contribution in [1.82, 2.24) is 9.47 Å². The molecule has 0 spiro atoms. The zero-order valence-corrected chi connectivity index (χ0v) is 25.9. The second-order valence-electron chi connectivity index (χ2n) is 13.7. The lowest BCUT2D eigenvalue weighted by Gasteiger charge is -2.44. The molecule has 2 fully saturated rings. The van der Waals surface area contributed by atoms with Gasteiger partial charge in [0.15, 0.2) is 0 Å². The number of fused-ring (bicyclic) bond motifs is 4. The Hall–Kier alpha value is -3.87. The summed E-state index contributed by atoms with van der Waals surface area (Å²) in [6.45, 7) is 11.6. The van der Waals surface area contributed by atoms with Crippen LogP contribution in [0.25, 0.3) is 0 Å². The molecule has 4 heterocycles. The number of hydrogen-bond acceptors (Lipinski definition) is 4. The van der Waals surface area contributed by atoms with Crippen molar-refractivity contribution in [2.24, 2.45) is 5.92 Å².